The Hall–Kier alpha value is -2.39. The molecule has 1 saturated heterocycles. The second-order valence-corrected chi connectivity index (χ2v) is 13.6. The Morgan fingerprint density at radius 3 is 2.90 bits per heavy atom. The van der Waals surface area contributed by atoms with Gasteiger partial charge in [0.1, 0.15) is 13.1 Å². The number of hydrogen-bond donors (Lipinski definition) is 4. The summed E-state index contributed by atoms with van der Waals surface area (Å²) < 4.78 is 33.0. The number of aromatic nitrogens is 2. The van der Waals surface area contributed by atoms with Gasteiger partial charge in [0.2, 0.25) is 10.9 Å². The van der Waals surface area contributed by atoms with Gasteiger partial charge in [0, 0.05) is 66.4 Å². The summed E-state index contributed by atoms with van der Waals surface area (Å²) in [5.41, 5.74) is 1.42. The maximum atomic E-state index is 14.4. The number of nitrogens with one attached hydrogen (secondary N) is 4. The standard InChI is InChI=1S/C25H31ClN6O5S2/c1-15-9-20-21(13-29-15)38-24(31-20)25(34)32(7-5-27-18(14-32)12-22(33)28-6-8-37-2)39(35,36)23-11-16-10-17(26)3-4-19(16)30-23/h3-4,10-11,15,18,27,29-30H,5-9,12-14H2,1-2H3/p+1. The topological polar surface area (TPSA) is 142 Å². The predicted octanol–water partition coefficient (Wildman–Crippen LogP) is 1.78. The Morgan fingerprint density at radius 1 is 1.28 bits per heavy atom. The highest BCUT2D eigenvalue weighted by Crippen LogP contribution is 2.34. The first kappa shape index (κ1) is 28.1. The van der Waals surface area contributed by atoms with Gasteiger partial charge >= 0.3 is 15.9 Å². The Morgan fingerprint density at radius 2 is 2.10 bits per heavy atom. The molecule has 2 aliphatic rings. The summed E-state index contributed by atoms with van der Waals surface area (Å²) in [5.74, 6) is -0.829. The fourth-order valence-corrected chi connectivity index (χ4v) is 8.37. The molecule has 11 nitrogen and oxygen atoms in total. The van der Waals surface area contributed by atoms with Gasteiger partial charge in [-0.15, -0.1) is 15.2 Å². The molecule has 0 spiro atoms. The van der Waals surface area contributed by atoms with Crippen LogP contribution in [0, 0.1) is 0 Å². The maximum Gasteiger partial charge on any atom is 0.390 e. The van der Waals surface area contributed by atoms with Crippen molar-refractivity contribution in [1.29, 1.82) is 0 Å². The lowest BCUT2D eigenvalue weighted by molar-refractivity contribution is -0.727. The van der Waals surface area contributed by atoms with Crippen LogP contribution in [-0.2, 0) is 32.5 Å². The number of sulfonamides is 1. The number of carbonyl (C=O) groups excluding carboxylic acids is 2. The molecule has 4 N–H and O–H groups in total. The van der Waals surface area contributed by atoms with Gasteiger partial charge in [-0.25, -0.2) is 9.78 Å². The van der Waals surface area contributed by atoms with Gasteiger partial charge in [-0.1, -0.05) is 11.6 Å². The van der Waals surface area contributed by atoms with Crippen molar-refractivity contribution in [2.24, 2.45) is 0 Å². The number of methoxy groups -OCH3 is 1. The van der Waals surface area contributed by atoms with E-state index in [-0.39, 0.29) is 48.0 Å². The SMILES string of the molecule is COCCNC(=O)CC1C[N+](C(=O)c2nc3c(s2)CNC(C)C3)(S(=O)(=O)c2cc3cc(Cl)ccc3[nH]2)CCN1. The fourth-order valence-electron chi connectivity index (χ4n) is 5.18. The van der Waals surface area contributed by atoms with Gasteiger partial charge in [-0.3, -0.25) is 4.79 Å². The quantitative estimate of drug-likeness (QED) is 0.228. The highest BCUT2D eigenvalue weighted by atomic mass is 35.5. The number of hydrogen-bond acceptors (Lipinski definition) is 9. The number of aromatic amines is 1. The lowest BCUT2D eigenvalue weighted by Gasteiger charge is -2.39. The average molecular weight is 596 g/mol. The van der Waals surface area contributed by atoms with Gasteiger partial charge in [0.15, 0.2) is 5.03 Å². The van der Waals surface area contributed by atoms with Crippen molar-refractivity contribution in [3.63, 3.8) is 0 Å². The second-order valence-electron chi connectivity index (χ2n) is 10.0. The van der Waals surface area contributed by atoms with E-state index < -0.39 is 25.9 Å². The summed E-state index contributed by atoms with van der Waals surface area (Å²) in [6, 6.07) is 6.23. The number of halogens is 1. The number of H-pyrrole nitrogens is 1. The van der Waals surface area contributed by atoms with E-state index in [4.69, 9.17) is 16.3 Å². The summed E-state index contributed by atoms with van der Waals surface area (Å²) in [5, 5.41) is 10.6. The molecule has 0 aliphatic carbocycles. The predicted molar refractivity (Wildman–Crippen MR) is 148 cm³/mol. The molecule has 4 heterocycles. The molecule has 1 fully saturated rings. The van der Waals surface area contributed by atoms with E-state index in [9.17, 15) is 18.0 Å². The fraction of sp³-hybridized carbons (Fsp3) is 0.480. The number of quaternary nitrogens is 1. The van der Waals surface area contributed by atoms with Gasteiger partial charge in [0.25, 0.3) is 0 Å². The van der Waals surface area contributed by atoms with E-state index in [1.807, 2.05) is 6.92 Å². The van der Waals surface area contributed by atoms with Crippen molar-refractivity contribution in [3.8, 4) is 0 Å². The Kier molecular flexibility index (Phi) is 8.11. The number of benzene rings is 1. The molecular formula is C25H32ClN6O5S2+. The number of ether oxygens (including phenoxy) is 1. The number of carbonyl (C=O) groups is 2. The molecule has 1 aromatic carbocycles. The lowest BCUT2D eigenvalue weighted by atomic mass is 10.1. The minimum Gasteiger partial charge on any atom is -0.383 e. The zero-order valence-corrected chi connectivity index (χ0v) is 24.1. The van der Waals surface area contributed by atoms with Crippen LogP contribution in [0.15, 0.2) is 29.3 Å². The largest absolute Gasteiger partial charge is 0.390 e. The highest BCUT2D eigenvalue weighted by molar-refractivity contribution is 7.86. The third-order valence-corrected chi connectivity index (χ3v) is 10.7. The Labute approximate surface area is 235 Å². The molecule has 2 aliphatic heterocycles. The zero-order chi connectivity index (χ0) is 27.8. The van der Waals surface area contributed by atoms with E-state index in [2.05, 4.69) is 25.9 Å². The van der Waals surface area contributed by atoms with E-state index >= 15 is 0 Å². The number of fused-ring (bicyclic) bond motifs is 2. The Bertz CT molecular complexity index is 1510. The van der Waals surface area contributed by atoms with E-state index in [1.54, 1.807) is 25.3 Å². The molecule has 210 valence electrons. The molecule has 39 heavy (non-hydrogen) atoms. The first-order valence-corrected chi connectivity index (χ1v) is 15.4. The molecule has 3 aromatic rings. The number of rotatable bonds is 8. The smallest absolute Gasteiger partial charge is 0.383 e. The molecule has 3 unspecified atom stereocenters. The first-order valence-electron chi connectivity index (χ1n) is 12.8. The molecular weight excluding hydrogens is 564 g/mol. The van der Waals surface area contributed by atoms with Crippen LogP contribution < -0.4 is 16.0 Å². The van der Waals surface area contributed by atoms with Crippen LogP contribution in [0.5, 0.6) is 0 Å². The van der Waals surface area contributed by atoms with Crippen LogP contribution in [0.1, 0.15) is 33.7 Å². The van der Waals surface area contributed by atoms with Crippen molar-refractivity contribution in [1.82, 2.24) is 25.9 Å². The van der Waals surface area contributed by atoms with Crippen molar-refractivity contribution in [2.75, 3.05) is 39.9 Å². The maximum absolute atomic E-state index is 14.4. The molecule has 0 radical (unpaired) electrons. The molecule has 14 heteroatoms. The molecule has 2 amide bonds. The second kappa shape index (κ2) is 11.2. The van der Waals surface area contributed by atoms with E-state index in [1.165, 1.54) is 17.4 Å². The third kappa shape index (κ3) is 5.49. The number of thiazole rings is 1. The zero-order valence-electron chi connectivity index (χ0n) is 21.8. The van der Waals surface area contributed by atoms with Gasteiger partial charge < -0.3 is 25.7 Å². The van der Waals surface area contributed by atoms with Crippen LogP contribution in [0.4, 0.5) is 0 Å². The van der Waals surface area contributed by atoms with Crippen LogP contribution in [0.3, 0.4) is 0 Å². The summed E-state index contributed by atoms with van der Waals surface area (Å²) in [7, 11) is -2.75. The third-order valence-electron chi connectivity index (χ3n) is 7.22. The van der Waals surface area contributed by atoms with Crippen molar-refractivity contribution < 1.29 is 26.6 Å². The molecule has 5 rings (SSSR count). The van der Waals surface area contributed by atoms with Gasteiger partial charge in [0.05, 0.1) is 18.3 Å². The monoisotopic (exact) mass is 595 g/mol. The van der Waals surface area contributed by atoms with E-state index in [0.29, 0.717) is 42.0 Å². The van der Waals surface area contributed by atoms with Gasteiger partial charge in [-0.05, 0) is 31.2 Å². The first-order chi connectivity index (χ1) is 18.6. The minimum atomic E-state index is -4.30. The minimum absolute atomic E-state index is 0.00200. The number of piperazine rings is 1. The number of nitrogens with zero attached hydrogens (tertiary/aromatic N) is 2. The lowest BCUT2D eigenvalue weighted by Crippen LogP contribution is -2.67. The van der Waals surface area contributed by atoms with Crippen LogP contribution in [0.25, 0.3) is 10.9 Å². The van der Waals surface area contributed by atoms with E-state index in [0.717, 1.165) is 10.6 Å². The summed E-state index contributed by atoms with van der Waals surface area (Å²) in [6.07, 6.45) is 0.686. The molecule has 0 saturated carbocycles. The average Bonchev–Trinajstić information content (AvgIpc) is 3.52. The molecule has 0 bridgehead atoms. The number of amides is 2. The van der Waals surface area contributed by atoms with Crippen LogP contribution in [0.2, 0.25) is 5.02 Å². The summed E-state index contributed by atoms with van der Waals surface area (Å²) >= 11 is 7.37. The molecule has 3 atom stereocenters. The van der Waals surface area contributed by atoms with Gasteiger partial charge in [-0.2, -0.15) is 8.42 Å². The van der Waals surface area contributed by atoms with Crippen molar-refractivity contribution in [2.45, 2.75) is 43.4 Å². The Balaban J connectivity index is 1.53. The summed E-state index contributed by atoms with van der Waals surface area (Å²) in [4.78, 5) is 35.4. The van der Waals surface area contributed by atoms with Crippen molar-refractivity contribution >= 4 is 55.7 Å². The highest BCUT2D eigenvalue weighted by Gasteiger charge is 2.55. The summed E-state index contributed by atoms with van der Waals surface area (Å²) in [6.45, 7) is 3.45. The normalized spacial score (nSPS) is 23.5. The molecule has 2 aromatic heterocycles. The van der Waals surface area contributed by atoms with Crippen molar-refractivity contribution in [3.05, 3.63) is 44.9 Å². The van der Waals surface area contributed by atoms with Crippen LogP contribution >= 0.6 is 22.9 Å². The van der Waals surface area contributed by atoms with Crippen LogP contribution in [-0.4, -0.2) is 86.1 Å².